The van der Waals surface area contributed by atoms with Crippen LogP contribution < -0.4 is 11.1 Å². The van der Waals surface area contributed by atoms with Crippen LogP contribution in [0.3, 0.4) is 0 Å². The van der Waals surface area contributed by atoms with E-state index in [1.54, 1.807) is 13.8 Å². The van der Waals surface area contributed by atoms with Crippen LogP contribution in [0.4, 0.5) is 5.00 Å². The number of nitrogens with two attached hydrogens (primary N) is 1. The average molecular weight is 270 g/mol. The second-order valence-electron chi connectivity index (χ2n) is 3.77. The Morgan fingerprint density at radius 2 is 2.06 bits per heavy atom. The summed E-state index contributed by atoms with van der Waals surface area (Å²) in [5.74, 6) is -0.667. The molecule has 18 heavy (non-hydrogen) atoms. The van der Waals surface area contributed by atoms with Gasteiger partial charge in [-0.2, -0.15) is 0 Å². The topological polar surface area (TPSA) is 81.4 Å². The van der Waals surface area contributed by atoms with Crippen LogP contribution in [-0.4, -0.2) is 25.0 Å². The highest BCUT2D eigenvalue weighted by Gasteiger charge is 2.23. The van der Waals surface area contributed by atoms with Crippen LogP contribution in [0.25, 0.3) is 0 Å². The summed E-state index contributed by atoms with van der Waals surface area (Å²) in [5.41, 5.74) is 6.77. The van der Waals surface area contributed by atoms with Gasteiger partial charge in [0.05, 0.1) is 17.2 Å². The van der Waals surface area contributed by atoms with Crippen LogP contribution in [0, 0.1) is 6.92 Å². The maximum Gasteiger partial charge on any atom is 0.348 e. The number of nitrogens with one attached hydrogen (secondary N) is 1. The van der Waals surface area contributed by atoms with Crippen molar-refractivity contribution in [2.24, 2.45) is 0 Å². The summed E-state index contributed by atoms with van der Waals surface area (Å²) in [4.78, 5) is 24.0. The van der Waals surface area contributed by atoms with Crippen molar-refractivity contribution in [1.29, 1.82) is 0 Å². The van der Waals surface area contributed by atoms with Gasteiger partial charge in [0.1, 0.15) is 4.88 Å². The molecule has 0 radical (unpaired) electrons. The van der Waals surface area contributed by atoms with Crippen molar-refractivity contribution in [3.05, 3.63) is 16.0 Å². The molecule has 0 fully saturated rings. The van der Waals surface area contributed by atoms with Gasteiger partial charge in [-0.05, 0) is 25.8 Å². The van der Waals surface area contributed by atoms with Crippen LogP contribution in [0.15, 0.2) is 0 Å². The minimum absolute atomic E-state index is 0.237. The van der Waals surface area contributed by atoms with Gasteiger partial charge >= 0.3 is 5.97 Å². The number of nitrogen functional groups attached to an aromatic ring is 1. The molecule has 100 valence electrons. The third-order valence-electron chi connectivity index (χ3n) is 2.40. The van der Waals surface area contributed by atoms with Crippen molar-refractivity contribution in [3.8, 4) is 0 Å². The summed E-state index contributed by atoms with van der Waals surface area (Å²) < 4.78 is 4.92. The van der Waals surface area contributed by atoms with Gasteiger partial charge in [0.25, 0.3) is 5.91 Å². The Morgan fingerprint density at radius 3 is 2.61 bits per heavy atom. The number of rotatable bonds is 5. The molecule has 0 bridgehead atoms. The molecule has 1 amide bonds. The highest BCUT2D eigenvalue weighted by molar-refractivity contribution is 7.18. The smallest absolute Gasteiger partial charge is 0.348 e. The molecule has 0 aliphatic carbocycles. The average Bonchev–Trinajstić information content (AvgIpc) is 2.62. The molecule has 5 nitrogen and oxygen atoms in total. The molecular weight excluding hydrogens is 252 g/mol. The van der Waals surface area contributed by atoms with Crippen molar-refractivity contribution >= 4 is 28.2 Å². The van der Waals surface area contributed by atoms with Gasteiger partial charge in [-0.25, -0.2) is 4.79 Å². The first-order valence-electron chi connectivity index (χ1n) is 5.87. The van der Waals surface area contributed by atoms with Crippen LogP contribution in [0.2, 0.25) is 0 Å². The molecule has 0 saturated heterocycles. The molecule has 0 aliphatic rings. The lowest BCUT2D eigenvalue weighted by Gasteiger charge is -2.04. The van der Waals surface area contributed by atoms with E-state index in [1.807, 2.05) is 6.92 Å². The van der Waals surface area contributed by atoms with Crippen molar-refractivity contribution < 1.29 is 14.3 Å². The molecule has 1 rings (SSSR count). The standard InChI is InChI=1S/C12H18N2O3S/c1-4-6-14-11(15)8-7(3)9(18-10(8)13)12(16)17-5-2/h4-6,13H2,1-3H3,(H,14,15). The molecule has 3 N–H and O–H groups in total. The van der Waals surface area contributed by atoms with Crippen LogP contribution in [-0.2, 0) is 4.74 Å². The number of amides is 1. The van der Waals surface area contributed by atoms with E-state index >= 15 is 0 Å². The minimum atomic E-state index is -0.429. The fourth-order valence-corrected chi connectivity index (χ4v) is 2.50. The van der Waals surface area contributed by atoms with Crippen molar-refractivity contribution in [1.82, 2.24) is 5.32 Å². The third-order valence-corrected chi connectivity index (χ3v) is 3.50. The summed E-state index contributed by atoms with van der Waals surface area (Å²) in [6, 6.07) is 0. The van der Waals surface area contributed by atoms with E-state index in [4.69, 9.17) is 10.5 Å². The summed E-state index contributed by atoms with van der Waals surface area (Å²) in [5, 5.41) is 3.10. The summed E-state index contributed by atoms with van der Waals surface area (Å²) in [7, 11) is 0. The Labute approximate surface area is 110 Å². The molecule has 0 aromatic carbocycles. The molecule has 1 heterocycles. The number of anilines is 1. The fraction of sp³-hybridized carbons (Fsp3) is 0.500. The second-order valence-corrected chi connectivity index (χ2v) is 4.82. The predicted molar refractivity (Wildman–Crippen MR) is 72.0 cm³/mol. The first kappa shape index (κ1) is 14.5. The lowest BCUT2D eigenvalue weighted by Crippen LogP contribution is -2.25. The lowest BCUT2D eigenvalue weighted by atomic mass is 10.1. The van der Waals surface area contributed by atoms with Gasteiger partial charge in [-0.15, -0.1) is 11.3 Å². The minimum Gasteiger partial charge on any atom is -0.462 e. The van der Waals surface area contributed by atoms with E-state index < -0.39 is 5.97 Å². The second kappa shape index (κ2) is 6.39. The van der Waals surface area contributed by atoms with Gasteiger partial charge in [-0.1, -0.05) is 6.92 Å². The highest BCUT2D eigenvalue weighted by Crippen LogP contribution is 2.30. The number of esters is 1. The Bertz CT molecular complexity index is 454. The van der Waals surface area contributed by atoms with E-state index in [0.717, 1.165) is 17.8 Å². The molecule has 1 aromatic heterocycles. The molecule has 6 heteroatoms. The van der Waals surface area contributed by atoms with Gasteiger partial charge in [0.15, 0.2) is 0 Å². The van der Waals surface area contributed by atoms with Crippen LogP contribution >= 0.6 is 11.3 Å². The predicted octanol–water partition coefficient (Wildman–Crippen LogP) is 1.96. The first-order valence-corrected chi connectivity index (χ1v) is 6.68. The van der Waals surface area contributed by atoms with Gasteiger partial charge < -0.3 is 15.8 Å². The number of carbonyl (C=O) groups excluding carboxylic acids is 2. The van der Waals surface area contributed by atoms with Crippen molar-refractivity contribution in [2.45, 2.75) is 27.2 Å². The zero-order chi connectivity index (χ0) is 13.7. The summed E-state index contributed by atoms with van der Waals surface area (Å²) in [6.45, 7) is 6.29. The summed E-state index contributed by atoms with van der Waals surface area (Å²) >= 11 is 1.09. The lowest BCUT2D eigenvalue weighted by molar-refractivity contribution is 0.0531. The fourth-order valence-electron chi connectivity index (χ4n) is 1.54. The highest BCUT2D eigenvalue weighted by atomic mass is 32.1. The van der Waals surface area contributed by atoms with E-state index in [9.17, 15) is 9.59 Å². The zero-order valence-electron chi connectivity index (χ0n) is 10.8. The van der Waals surface area contributed by atoms with Crippen molar-refractivity contribution in [3.63, 3.8) is 0 Å². The maximum absolute atomic E-state index is 11.9. The Kier molecular flexibility index (Phi) is 5.15. The number of thiophene rings is 1. The van der Waals surface area contributed by atoms with Gasteiger partial charge in [0, 0.05) is 6.54 Å². The van der Waals surface area contributed by atoms with Crippen LogP contribution in [0.1, 0.15) is 45.9 Å². The third kappa shape index (κ3) is 3.01. The SMILES string of the molecule is CCCNC(=O)c1c(N)sc(C(=O)OCC)c1C. The maximum atomic E-state index is 11.9. The van der Waals surface area contributed by atoms with E-state index in [-0.39, 0.29) is 5.91 Å². The van der Waals surface area contributed by atoms with E-state index in [0.29, 0.717) is 34.2 Å². The number of carbonyl (C=O) groups is 2. The largest absolute Gasteiger partial charge is 0.462 e. The number of hydrogen-bond acceptors (Lipinski definition) is 5. The van der Waals surface area contributed by atoms with Crippen LogP contribution in [0.5, 0.6) is 0 Å². The molecule has 0 aliphatic heterocycles. The van der Waals surface area contributed by atoms with Gasteiger partial charge in [0.2, 0.25) is 0 Å². The molecule has 0 unspecified atom stereocenters. The molecule has 1 aromatic rings. The monoisotopic (exact) mass is 270 g/mol. The molecule has 0 spiro atoms. The van der Waals surface area contributed by atoms with Crippen molar-refractivity contribution in [2.75, 3.05) is 18.9 Å². The van der Waals surface area contributed by atoms with E-state index in [2.05, 4.69) is 5.32 Å². The first-order chi connectivity index (χ1) is 8.52. The zero-order valence-corrected chi connectivity index (χ0v) is 11.6. The van der Waals surface area contributed by atoms with Gasteiger partial charge in [-0.3, -0.25) is 4.79 Å². The van der Waals surface area contributed by atoms with E-state index in [1.165, 1.54) is 0 Å². The Morgan fingerprint density at radius 1 is 1.39 bits per heavy atom. The quantitative estimate of drug-likeness (QED) is 0.801. The summed E-state index contributed by atoms with van der Waals surface area (Å²) in [6.07, 6.45) is 0.847. The number of hydrogen-bond donors (Lipinski definition) is 2. The number of ether oxygens (including phenoxy) is 1. The Balaban J connectivity index is 3.00. The molecule has 0 atom stereocenters. The molecule has 0 saturated carbocycles. The molecular formula is C12H18N2O3S. The normalized spacial score (nSPS) is 10.2. The Hall–Kier alpha value is -1.56.